The van der Waals surface area contributed by atoms with Gasteiger partial charge in [0.15, 0.2) is 11.5 Å². The van der Waals surface area contributed by atoms with Crippen LogP contribution < -0.4 is 14.8 Å². The van der Waals surface area contributed by atoms with Crippen LogP contribution in [-0.2, 0) is 17.8 Å². The van der Waals surface area contributed by atoms with E-state index in [0.717, 1.165) is 25.1 Å². The maximum atomic E-state index is 12.1. The highest BCUT2D eigenvalue weighted by Gasteiger charge is 2.08. The number of rotatable bonds is 10. The molecule has 0 fully saturated rings. The standard InChI is InChI=1S/C21H28N2O3/c1-23(16-17-8-5-4-6-9-17)13-7-12-22-21(24)15-18-10-11-19(25-2)20(14-18)26-3/h4-6,8-11,14H,7,12-13,15-16H2,1-3H3,(H,22,24). The second-order valence-electron chi connectivity index (χ2n) is 6.29. The Bertz CT molecular complexity index is 689. The lowest BCUT2D eigenvalue weighted by atomic mass is 10.1. The summed E-state index contributed by atoms with van der Waals surface area (Å²) in [4.78, 5) is 14.4. The number of hydrogen-bond acceptors (Lipinski definition) is 4. The maximum absolute atomic E-state index is 12.1. The number of carbonyl (C=O) groups excluding carboxylic acids is 1. The molecule has 0 saturated carbocycles. The highest BCUT2D eigenvalue weighted by Crippen LogP contribution is 2.27. The fraction of sp³-hybridized carbons (Fsp3) is 0.381. The van der Waals surface area contributed by atoms with E-state index in [2.05, 4.69) is 41.5 Å². The van der Waals surface area contributed by atoms with Crippen LogP contribution in [0.1, 0.15) is 17.5 Å². The molecule has 140 valence electrons. The van der Waals surface area contributed by atoms with Gasteiger partial charge in [-0.3, -0.25) is 4.79 Å². The zero-order chi connectivity index (χ0) is 18.8. The molecule has 0 aromatic heterocycles. The zero-order valence-corrected chi connectivity index (χ0v) is 15.8. The van der Waals surface area contributed by atoms with Crippen molar-refractivity contribution in [1.82, 2.24) is 10.2 Å². The number of nitrogens with one attached hydrogen (secondary N) is 1. The quantitative estimate of drug-likeness (QED) is 0.665. The minimum absolute atomic E-state index is 0.0166. The Morgan fingerprint density at radius 3 is 2.42 bits per heavy atom. The first kappa shape index (κ1) is 19.8. The van der Waals surface area contributed by atoms with Gasteiger partial charge in [0.1, 0.15) is 0 Å². The van der Waals surface area contributed by atoms with Crippen molar-refractivity contribution in [3.05, 3.63) is 59.7 Å². The predicted octanol–water partition coefficient (Wildman–Crippen LogP) is 2.88. The SMILES string of the molecule is COc1ccc(CC(=O)NCCCN(C)Cc2ccccc2)cc1OC. The van der Waals surface area contributed by atoms with Gasteiger partial charge in [-0.25, -0.2) is 0 Å². The van der Waals surface area contributed by atoms with E-state index in [1.54, 1.807) is 14.2 Å². The monoisotopic (exact) mass is 356 g/mol. The molecule has 2 aromatic carbocycles. The number of methoxy groups -OCH3 is 2. The molecule has 0 atom stereocenters. The second-order valence-corrected chi connectivity index (χ2v) is 6.29. The van der Waals surface area contributed by atoms with Gasteiger partial charge >= 0.3 is 0 Å². The van der Waals surface area contributed by atoms with Gasteiger partial charge in [0.05, 0.1) is 20.6 Å². The van der Waals surface area contributed by atoms with Gasteiger partial charge in [-0.05, 0) is 43.3 Å². The molecule has 0 saturated heterocycles. The molecule has 0 unspecified atom stereocenters. The lowest BCUT2D eigenvalue weighted by molar-refractivity contribution is -0.120. The third kappa shape index (κ3) is 6.41. The van der Waals surface area contributed by atoms with E-state index in [4.69, 9.17) is 9.47 Å². The van der Waals surface area contributed by atoms with Crippen molar-refractivity contribution in [1.29, 1.82) is 0 Å². The zero-order valence-electron chi connectivity index (χ0n) is 15.8. The van der Waals surface area contributed by atoms with Crippen molar-refractivity contribution >= 4 is 5.91 Å². The fourth-order valence-corrected chi connectivity index (χ4v) is 2.79. The fourth-order valence-electron chi connectivity index (χ4n) is 2.79. The van der Waals surface area contributed by atoms with Crippen molar-refractivity contribution in [3.63, 3.8) is 0 Å². The molecule has 0 radical (unpaired) electrons. The molecule has 2 aromatic rings. The summed E-state index contributed by atoms with van der Waals surface area (Å²) in [5.41, 5.74) is 2.20. The van der Waals surface area contributed by atoms with Gasteiger partial charge in [0.25, 0.3) is 0 Å². The maximum Gasteiger partial charge on any atom is 0.224 e. The first-order valence-corrected chi connectivity index (χ1v) is 8.82. The van der Waals surface area contributed by atoms with Crippen LogP contribution in [-0.4, -0.2) is 45.2 Å². The summed E-state index contributed by atoms with van der Waals surface area (Å²) < 4.78 is 10.5. The lowest BCUT2D eigenvalue weighted by Crippen LogP contribution is -2.29. The molecule has 1 N–H and O–H groups in total. The van der Waals surface area contributed by atoms with Gasteiger partial charge in [0, 0.05) is 13.1 Å². The van der Waals surface area contributed by atoms with Crippen molar-refractivity contribution in [3.8, 4) is 11.5 Å². The Balaban J connectivity index is 1.69. The van der Waals surface area contributed by atoms with Crippen LogP contribution in [0.4, 0.5) is 0 Å². The van der Waals surface area contributed by atoms with Crippen molar-refractivity contribution in [2.45, 2.75) is 19.4 Å². The molecule has 0 aliphatic heterocycles. The van der Waals surface area contributed by atoms with Gasteiger partial charge < -0.3 is 19.7 Å². The van der Waals surface area contributed by atoms with Crippen LogP contribution in [0.5, 0.6) is 11.5 Å². The van der Waals surface area contributed by atoms with E-state index in [-0.39, 0.29) is 5.91 Å². The summed E-state index contributed by atoms with van der Waals surface area (Å²) in [6.07, 6.45) is 1.25. The Kier molecular flexibility index (Phi) is 7.96. The molecular formula is C21H28N2O3. The third-order valence-electron chi connectivity index (χ3n) is 4.15. The Morgan fingerprint density at radius 2 is 1.73 bits per heavy atom. The first-order valence-electron chi connectivity index (χ1n) is 8.82. The Labute approximate surface area is 155 Å². The number of hydrogen-bond donors (Lipinski definition) is 1. The number of amides is 1. The number of carbonyl (C=O) groups is 1. The number of nitrogens with zero attached hydrogens (tertiary/aromatic N) is 1. The average Bonchev–Trinajstić information content (AvgIpc) is 2.66. The van der Waals surface area contributed by atoms with Crippen LogP contribution in [0.15, 0.2) is 48.5 Å². The second kappa shape index (κ2) is 10.5. The largest absolute Gasteiger partial charge is 0.493 e. The summed E-state index contributed by atoms with van der Waals surface area (Å²) in [5, 5.41) is 2.98. The molecule has 1 amide bonds. The molecule has 26 heavy (non-hydrogen) atoms. The van der Waals surface area contributed by atoms with Gasteiger partial charge in [0.2, 0.25) is 5.91 Å². The molecule has 0 aliphatic rings. The predicted molar refractivity (Wildman–Crippen MR) is 104 cm³/mol. The summed E-state index contributed by atoms with van der Waals surface area (Å²) in [7, 11) is 5.28. The summed E-state index contributed by atoms with van der Waals surface area (Å²) in [6.45, 7) is 2.53. The highest BCUT2D eigenvalue weighted by molar-refractivity contribution is 5.78. The minimum atomic E-state index is 0.0166. The van der Waals surface area contributed by atoms with Crippen LogP contribution in [0.3, 0.4) is 0 Å². The molecule has 0 bridgehead atoms. The average molecular weight is 356 g/mol. The van der Waals surface area contributed by atoms with Crippen molar-refractivity contribution < 1.29 is 14.3 Å². The van der Waals surface area contributed by atoms with E-state index in [0.29, 0.717) is 24.5 Å². The highest BCUT2D eigenvalue weighted by atomic mass is 16.5. The first-order chi connectivity index (χ1) is 12.6. The molecule has 0 spiro atoms. The van der Waals surface area contributed by atoms with Gasteiger partial charge in [-0.15, -0.1) is 0 Å². The van der Waals surface area contributed by atoms with Crippen molar-refractivity contribution in [2.75, 3.05) is 34.4 Å². The van der Waals surface area contributed by atoms with E-state index < -0.39 is 0 Å². The van der Waals surface area contributed by atoms with E-state index in [1.807, 2.05) is 24.3 Å². The molecule has 2 rings (SSSR count). The van der Waals surface area contributed by atoms with Crippen LogP contribution in [0.2, 0.25) is 0 Å². The minimum Gasteiger partial charge on any atom is -0.493 e. The lowest BCUT2D eigenvalue weighted by Gasteiger charge is -2.16. The molecule has 5 heteroatoms. The topological polar surface area (TPSA) is 50.8 Å². The van der Waals surface area contributed by atoms with Crippen LogP contribution in [0, 0.1) is 0 Å². The third-order valence-corrected chi connectivity index (χ3v) is 4.15. The molecular weight excluding hydrogens is 328 g/mol. The van der Waals surface area contributed by atoms with E-state index in [1.165, 1.54) is 5.56 Å². The normalized spacial score (nSPS) is 10.6. The van der Waals surface area contributed by atoms with Crippen LogP contribution >= 0.6 is 0 Å². The summed E-state index contributed by atoms with van der Waals surface area (Å²) in [5.74, 6) is 1.32. The van der Waals surface area contributed by atoms with Crippen molar-refractivity contribution in [2.24, 2.45) is 0 Å². The smallest absolute Gasteiger partial charge is 0.224 e. The number of ether oxygens (including phenoxy) is 2. The van der Waals surface area contributed by atoms with E-state index >= 15 is 0 Å². The summed E-state index contributed by atoms with van der Waals surface area (Å²) in [6, 6.07) is 15.9. The van der Waals surface area contributed by atoms with Crippen LogP contribution in [0.25, 0.3) is 0 Å². The Morgan fingerprint density at radius 1 is 1.00 bits per heavy atom. The number of benzene rings is 2. The van der Waals surface area contributed by atoms with E-state index in [9.17, 15) is 4.79 Å². The molecule has 5 nitrogen and oxygen atoms in total. The summed E-state index contributed by atoms with van der Waals surface area (Å²) >= 11 is 0. The molecule has 0 aliphatic carbocycles. The van der Waals surface area contributed by atoms with Gasteiger partial charge in [-0.1, -0.05) is 36.4 Å². The molecule has 0 heterocycles. The van der Waals surface area contributed by atoms with Gasteiger partial charge in [-0.2, -0.15) is 0 Å². The Hall–Kier alpha value is -2.53.